The Morgan fingerprint density at radius 3 is 2.41 bits per heavy atom. The third-order valence-corrected chi connectivity index (χ3v) is 8.18. The van der Waals surface area contributed by atoms with E-state index in [2.05, 4.69) is 27.7 Å². The highest BCUT2D eigenvalue weighted by atomic mass is 16.3. The zero-order chi connectivity index (χ0) is 20.0. The number of fused-ring (bicyclic) bond motifs is 1. The Morgan fingerprint density at radius 2 is 1.78 bits per heavy atom. The van der Waals surface area contributed by atoms with Gasteiger partial charge in [0.05, 0.1) is 6.10 Å². The van der Waals surface area contributed by atoms with Crippen LogP contribution in [0.5, 0.6) is 0 Å². The van der Waals surface area contributed by atoms with Crippen LogP contribution < -0.4 is 0 Å². The van der Waals surface area contributed by atoms with E-state index in [1.165, 1.54) is 44.9 Å². The lowest BCUT2D eigenvalue weighted by Gasteiger charge is -2.47. The van der Waals surface area contributed by atoms with Gasteiger partial charge in [0.2, 0.25) is 0 Å². The van der Waals surface area contributed by atoms with E-state index in [9.17, 15) is 9.90 Å². The molecule has 0 aliphatic heterocycles. The predicted octanol–water partition coefficient (Wildman–Crippen LogP) is 6.65. The zero-order valence-electron chi connectivity index (χ0n) is 18.8. The molecule has 0 heterocycles. The van der Waals surface area contributed by atoms with Crippen LogP contribution in [0.25, 0.3) is 0 Å². The van der Waals surface area contributed by atoms with Gasteiger partial charge in [0.15, 0.2) is 0 Å². The Kier molecular flexibility index (Phi) is 9.32. The summed E-state index contributed by atoms with van der Waals surface area (Å²) in [4.78, 5) is 11.7. The molecule has 2 heteroatoms. The molecule has 27 heavy (non-hydrogen) atoms. The molecular weight excluding hydrogens is 332 g/mol. The summed E-state index contributed by atoms with van der Waals surface area (Å²) in [5.74, 6) is 5.35. The second kappa shape index (κ2) is 11.0. The molecule has 2 fully saturated rings. The summed E-state index contributed by atoms with van der Waals surface area (Å²) in [6.45, 7) is 11.4. The average molecular weight is 379 g/mol. The minimum Gasteiger partial charge on any atom is -0.393 e. The second-order valence-corrected chi connectivity index (χ2v) is 10.2. The predicted molar refractivity (Wildman–Crippen MR) is 115 cm³/mol. The van der Waals surface area contributed by atoms with E-state index in [1.54, 1.807) is 0 Å². The molecule has 2 saturated carbocycles. The molecule has 0 aromatic rings. The molecule has 1 N–H and O–H groups in total. The molecule has 7 unspecified atom stereocenters. The molecular formula is C25H46O2. The molecule has 2 rings (SSSR count). The number of Topliss-reactive ketones (excluding diaryl/α,β-unsaturated/α-hetero) is 1. The average Bonchev–Trinajstić information content (AvgIpc) is 2.65. The van der Waals surface area contributed by atoms with Crippen LogP contribution >= 0.6 is 0 Å². The normalized spacial score (nSPS) is 34.5. The first-order valence-electron chi connectivity index (χ1n) is 12.1. The van der Waals surface area contributed by atoms with Gasteiger partial charge < -0.3 is 5.11 Å². The number of hydrogen-bond donors (Lipinski definition) is 1. The van der Waals surface area contributed by atoms with Crippen molar-refractivity contribution in [3.63, 3.8) is 0 Å². The number of ketones is 1. The summed E-state index contributed by atoms with van der Waals surface area (Å²) in [7, 11) is 0. The summed E-state index contributed by atoms with van der Waals surface area (Å²) in [6.07, 6.45) is 12.4. The van der Waals surface area contributed by atoms with Gasteiger partial charge in [0.25, 0.3) is 0 Å². The molecule has 8 atom stereocenters. The summed E-state index contributed by atoms with van der Waals surface area (Å²) in [5, 5.41) is 11.0. The summed E-state index contributed by atoms with van der Waals surface area (Å²) < 4.78 is 0. The summed E-state index contributed by atoms with van der Waals surface area (Å²) in [6, 6.07) is 0. The summed E-state index contributed by atoms with van der Waals surface area (Å²) in [5.41, 5.74) is 0. The van der Waals surface area contributed by atoms with Crippen LogP contribution in [0.3, 0.4) is 0 Å². The third-order valence-electron chi connectivity index (χ3n) is 8.18. The Labute approximate surface area is 168 Å². The maximum Gasteiger partial charge on any atom is 0.132 e. The smallest absolute Gasteiger partial charge is 0.132 e. The Hall–Kier alpha value is -0.370. The number of rotatable bonds is 10. The molecule has 0 saturated heterocycles. The number of carbonyl (C=O) groups is 1. The third kappa shape index (κ3) is 6.31. The van der Waals surface area contributed by atoms with E-state index in [4.69, 9.17) is 0 Å². The van der Waals surface area contributed by atoms with Crippen molar-refractivity contribution in [1.82, 2.24) is 0 Å². The largest absolute Gasteiger partial charge is 0.393 e. The Bertz CT molecular complexity index is 446. The van der Waals surface area contributed by atoms with Gasteiger partial charge in [-0.1, -0.05) is 53.9 Å². The fraction of sp³-hybridized carbons (Fsp3) is 0.960. The molecule has 158 valence electrons. The van der Waals surface area contributed by atoms with Gasteiger partial charge in [-0.25, -0.2) is 0 Å². The van der Waals surface area contributed by atoms with Crippen LogP contribution in [0.2, 0.25) is 0 Å². The molecule has 2 nitrogen and oxygen atoms in total. The van der Waals surface area contributed by atoms with Crippen LogP contribution in [0.4, 0.5) is 0 Å². The molecule has 0 aromatic heterocycles. The zero-order valence-corrected chi connectivity index (χ0v) is 18.8. The first kappa shape index (κ1) is 22.9. The fourth-order valence-electron chi connectivity index (χ4n) is 6.46. The monoisotopic (exact) mass is 378 g/mol. The fourth-order valence-corrected chi connectivity index (χ4v) is 6.46. The van der Waals surface area contributed by atoms with Gasteiger partial charge in [-0.15, -0.1) is 0 Å². The second-order valence-electron chi connectivity index (χ2n) is 10.2. The summed E-state index contributed by atoms with van der Waals surface area (Å²) >= 11 is 0. The lowest BCUT2D eigenvalue weighted by molar-refractivity contribution is -0.119. The quantitative estimate of drug-likeness (QED) is 0.462. The molecule has 2 aliphatic carbocycles. The van der Waals surface area contributed by atoms with Gasteiger partial charge in [-0.05, 0) is 80.0 Å². The van der Waals surface area contributed by atoms with Crippen molar-refractivity contribution in [2.75, 3.05) is 0 Å². The highest BCUT2D eigenvalue weighted by molar-refractivity contribution is 5.77. The molecule has 0 amide bonds. The van der Waals surface area contributed by atoms with Gasteiger partial charge in [0.1, 0.15) is 5.78 Å². The van der Waals surface area contributed by atoms with Crippen LogP contribution in [-0.4, -0.2) is 17.0 Å². The number of aliphatic hydroxyl groups excluding tert-OH is 1. The van der Waals surface area contributed by atoms with E-state index in [0.717, 1.165) is 37.0 Å². The van der Waals surface area contributed by atoms with E-state index < -0.39 is 0 Å². The first-order valence-corrected chi connectivity index (χ1v) is 12.1. The van der Waals surface area contributed by atoms with E-state index >= 15 is 0 Å². The maximum absolute atomic E-state index is 11.7. The first-order chi connectivity index (χ1) is 12.9. The topological polar surface area (TPSA) is 37.3 Å². The van der Waals surface area contributed by atoms with E-state index in [1.807, 2.05) is 6.92 Å². The van der Waals surface area contributed by atoms with Crippen molar-refractivity contribution in [1.29, 1.82) is 0 Å². The van der Waals surface area contributed by atoms with Crippen LogP contribution in [-0.2, 0) is 4.79 Å². The van der Waals surface area contributed by atoms with Gasteiger partial charge >= 0.3 is 0 Å². The van der Waals surface area contributed by atoms with Crippen LogP contribution in [0.15, 0.2) is 0 Å². The van der Waals surface area contributed by atoms with Crippen molar-refractivity contribution in [2.24, 2.45) is 41.4 Å². The highest BCUT2D eigenvalue weighted by Gasteiger charge is 2.42. The Morgan fingerprint density at radius 1 is 1.04 bits per heavy atom. The lowest BCUT2D eigenvalue weighted by atomic mass is 9.59. The standard InChI is InChI=1S/C25H46O2/c1-6-19(13-18(5)10-12-22(26)7-2)23(8-3)24-15-20-11-9-17(4)14-21(20)16-25(24)27/h17-21,23-25,27H,6-16H2,1-5H3/t17?,18?,19?,20?,21?,23-,24?,25?/m1/s1. The maximum atomic E-state index is 11.7. The van der Waals surface area contributed by atoms with Crippen molar-refractivity contribution in [2.45, 2.75) is 111 Å². The van der Waals surface area contributed by atoms with Gasteiger partial charge in [-0.2, -0.15) is 0 Å². The minimum absolute atomic E-state index is 0.0903. The minimum atomic E-state index is -0.0903. The molecule has 0 radical (unpaired) electrons. The molecule has 0 aromatic carbocycles. The van der Waals surface area contributed by atoms with Crippen molar-refractivity contribution in [3.8, 4) is 0 Å². The van der Waals surface area contributed by atoms with Crippen LogP contribution in [0.1, 0.15) is 105 Å². The SMILES string of the molecule is CCC(=O)CCC(C)CC(CC)[C@@H](CC)C1CC2CCC(C)CC2CC1O. The van der Waals surface area contributed by atoms with E-state index in [0.29, 0.717) is 35.9 Å². The van der Waals surface area contributed by atoms with Crippen molar-refractivity contribution in [3.05, 3.63) is 0 Å². The lowest BCUT2D eigenvalue weighted by Crippen LogP contribution is -2.43. The van der Waals surface area contributed by atoms with Crippen molar-refractivity contribution >= 4 is 5.78 Å². The number of hydrogen-bond acceptors (Lipinski definition) is 2. The number of carbonyl (C=O) groups excluding carboxylic acids is 1. The van der Waals surface area contributed by atoms with E-state index in [-0.39, 0.29) is 6.10 Å². The number of aliphatic hydroxyl groups is 1. The van der Waals surface area contributed by atoms with Crippen LogP contribution in [0, 0.1) is 41.4 Å². The van der Waals surface area contributed by atoms with Gasteiger partial charge in [-0.3, -0.25) is 4.79 Å². The Balaban J connectivity index is 1.97. The molecule has 0 spiro atoms. The highest BCUT2D eigenvalue weighted by Crippen LogP contribution is 2.49. The molecule has 0 bridgehead atoms. The van der Waals surface area contributed by atoms with Gasteiger partial charge in [0, 0.05) is 12.8 Å². The molecule has 2 aliphatic rings. The van der Waals surface area contributed by atoms with Crippen molar-refractivity contribution < 1.29 is 9.90 Å².